The van der Waals surface area contributed by atoms with Crippen molar-refractivity contribution in [1.29, 1.82) is 0 Å². The minimum absolute atomic E-state index is 0.125. The summed E-state index contributed by atoms with van der Waals surface area (Å²) in [6.07, 6.45) is 2.66. The highest BCUT2D eigenvalue weighted by molar-refractivity contribution is 7.22. The fourth-order valence-electron chi connectivity index (χ4n) is 3.06. The Kier molecular flexibility index (Phi) is 5.68. The summed E-state index contributed by atoms with van der Waals surface area (Å²) in [7, 11) is 1.68. The molecular weight excluding hydrogens is 322 g/mol. The zero-order valence-electron chi connectivity index (χ0n) is 14.4. The number of carbonyl (C=O) groups is 1. The van der Waals surface area contributed by atoms with Gasteiger partial charge in [0.1, 0.15) is 0 Å². The van der Waals surface area contributed by atoms with Gasteiger partial charge in [0.2, 0.25) is 5.91 Å². The SMILES string of the molecule is COCCCNC(=O)C1CCN(c2nc3ccc(C)cc3s2)CC1. The number of anilines is 1. The smallest absolute Gasteiger partial charge is 0.223 e. The number of thiazole rings is 1. The second kappa shape index (κ2) is 7.94. The average Bonchev–Trinajstić information content (AvgIpc) is 3.02. The molecular formula is C18H25N3O2S. The molecule has 0 radical (unpaired) electrons. The van der Waals surface area contributed by atoms with E-state index in [-0.39, 0.29) is 11.8 Å². The summed E-state index contributed by atoms with van der Waals surface area (Å²) < 4.78 is 6.24. The fourth-order valence-corrected chi connectivity index (χ4v) is 4.18. The van der Waals surface area contributed by atoms with Gasteiger partial charge in [-0.25, -0.2) is 4.98 Å². The summed E-state index contributed by atoms with van der Waals surface area (Å²) in [6, 6.07) is 6.38. The minimum Gasteiger partial charge on any atom is -0.385 e. The first-order chi connectivity index (χ1) is 11.7. The van der Waals surface area contributed by atoms with E-state index in [1.807, 2.05) is 0 Å². The van der Waals surface area contributed by atoms with Crippen LogP contribution in [0.2, 0.25) is 0 Å². The van der Waals surface area contributed by atoms with E-state index in [2.05, 4.69) is 35.3 Å². The number of benzene rings is 1. The van der Waals surface area contributed by atoms with Crippen LogP contribution >= 0.6 is 11.3 Å². The quantitative estimate of drug-likeness (QED) is 0.816. The number of piperidine rings is 1. The minimum atomic E-state index is 0.125. The van der Waals surface area contributed by atoms with Crippen LogP contribution in [0.5, 0.6) is 0 Å². The second-order valence-electron chi connectivity index (χ2n) is 6.37. The summed E-state index contributed by atoms with van der Waals surface area (Å²) in [5.74, 6) is 0.311. The first-order valence-corrected chi connectivity index (χ1v) is 9.38. The zero-order chi connectivity index (χ0) is 16.9. The van der Waals surface area contributed by atoms with Gasteiger partial charge < -0.3 is 15.0 Å². The van der Waals surface area contributed by atoms with Gasteiger partial charge in [0.15, 0.2) is 5.13 Å². The Morgan fingerprint density at radius 1 is 1.42 bits per heavy atom. The van der Waals surface area contributed by atoms with Crippen LogP contribution in [-0.4, -0.2) is 44.2 Å². The Hall–Kier alpha value is -1.66. The first kappa shape index (κ1) is 17.2. The Bertz CT molecular complexity index is 693. The molecule has 130 valence electrons. The fraction of sp³-hybridized carbons (Fsp3) is 0.556. The van der Waals surface area contributed by atoms with Gasteiger partial charge in [-0.05, 0) is 43.9 Å². The molecule has 1 N–H and O–H groups in total. The van der Waals surface area contributed by atoms with Crippen LogP contribution < -0.4 is 10.2 Å². The monoisotopic (exact) mass is 347 g/mol. The highest BCUT2D eigenvalue weighted by atomic mass is 32.1. The number of carbonyl (C=O) groups excluding carboxylic acids is 1. The molecule has 1 aromatic carbocycles. The van der Waals surface area contributed by atoms with Crippen LogP contribution in [-0.2, 0) is 9.53 Å². The second-order valence-corrected chi connectivity index (χ2v) is 7.38. The highest BCUT2D eigenvalue weighted by Crippen LogP contribution is 2.32. The summed E-state index contributed by atoms with van der Waals surface area (Å²) in [4.78, 5) is 19.3. The molecule has 0 aliphatic carbocycles. The van der Waals surface area contributed by atoms with Crippen LogP contribution in [0.4, 0.5) is 5.13 Å². The Labute approximate surface area is 147 Å². The Balaban J connectivity index is 1.53. The number of aromatic nitrogens is 1. The lowest BCUT2D eigenvalue weighted by Gasteiger charge is -2.31. The normalized spacial score (nSPS) is 15.8. The maximum absolute atomic E-state index is 12.2. The van der Waals surface area contributed by atoms with Crippen molar-refractivity contribution < 1.29 is 9.53 Å². The van der Waals surface area contributed by atoms with E-state index in [1.165, 1.54) is 10.3 Å². The van der Waals surface area contributed by atoms with Crippen molar-refractivity contribution in [2.45, 2.75) is 26.2 Å². The summed E-state index contributed by atoms with van der Waals surface area (Å²) in [5, 5.41) is 4.10. The molecule has 1 aliphatic heterocycles. The molecule has 0 atom stereocenters. The predicted molar refractivity (Wildman–Crippen MR) is 98.8 cm³/mol. The highest BCUT2D eigenvalue weighted by Gasteiger charge is 2.26. The number of fused-ring (bicyclic) bond motifs is 1. The lowest BCUT2D eigenvalue weighted by atomic mass is 9.96. The summed E-state index contributed by atoms with van der Waals surface area (Å²) >= 11 is 1.75. The topological polar surface area (TPSA) is 54.5 Å². The zero-order valence-corrected chi connectivity index (χ0v) is 15.2. The van der Waals surface area contributed by atoms with Crippen LogP contribution in [0.1, 0.15) is 24.8 Å². The lowest BCUT2D eigenvalue weighted by Crippen LogP contribution is -2.40. The van der Waals surface area contributed by atoms with Gasteiger partial charge in [0, 0.05) is 39.3 Å². The Morgan fingerprint density at radius 3 is 2.96 bits per heavy atom. The van der Waals surface area contributed by atoms with E-state index in [9.17, 15) is 4.79 Å². The van der Waals surface area contributed by atoms with E-state index in [1.54, 1.807) is 18.4 Å². The summed E-state index contributed by atoms with van der Waals surface area (Å²) in [5.41, 5.74) is 2.33. The van der Waals surface area contributed by atoms with Crippen LogP contribution in [0.15, 0.2) is 18.2 Å². The van der Waals surface area contributed by atoms with Crippen molar-refractivity contribution in [1.82, 2.24) is 10.3 Å². The van der Waals surface area contributed by atoms with Crippen molar-refractivity contribution in [2.24, 2.45) is 5.92 Å². The van der Waals surface area contributed by atoms with Gasteiger partial charge >= 0.3 is 0 Å². The van der Waals surface area contributed by atoms with Crippen LogP contribution in [0, 0.1) is 12.8 Å². The third-order valence-electron chi connectivity index (χ3n) is 4.49. The van der Waals surface area contributed by atoms with Crippen LogP contribution in [0.3, 0.4) is 0 Å². The van der Waals surface area contributed by atoms with Crippen molar-refractivity contribution in [3.8, 4) is 0 Å². The van der Waals surface area contributed by atoms with Gasteiger partial charge in [-0.1, -0.05) is 17.4 Å². The molecule has 2 aromatic rings. The van der Waals surface area contributed by atoms with Gasteiger partial charge in [0.05, 0.1) is 10.2 Å². The van der Waals surface area contributed by atoms with Crippen molar-refractivity contribution >= 4 is 32.6 Å². The average molecular weight is 347 g/mol. The maximum Gasteiger partial charge on any atom is 0.223 e. The van der Waals surface area contributed by atoms with E-state index in [0.717, 1.165) is 43.0 Å². The number of ether oxygens (including phenoxy) is 1. The number of hydrogen-bond donors (Lipinski definition) is 1. The molecule has 3 rings (SSSR count). The molecule has 1 amide bonds. The first-order valence-electron chi connectivity index (χ1n) is 8.56. The number of methoxy groups -OCH3 is 1. The number of hydrogen-bond acceptors (Lipinski definition) is 5. The van der Waals surface area contributed by atoms with Gasteiger partial charge in [0.25, 0.3) is 0 Å². The molecule has 5 nitrogen and oxygen atoms in total. The molecule has 1 aliphatic rings. The van der Waals surface area contributed by atoms with Crippen molar-refractivity contribution in [3.05, 3.63) is 23.8 Å². The number of nitrogens with one attached hydrogen (secondary N) is 1. The van der Waals surface area contributed by atoms with E-state index in [0.29, 0.717) is 13.2 Å². The maximum atomic E-state index is 12.2. The standard InChI is InChI=1S/C18H25N3O2S/c1-13-4-5-15-16(12-13)24-18(20-15)21-9-6-14(7-10-21)17(22)19-8-3-11-23-2/h4-5,12,14H,3,6-11H2,1-2H3,(H,19,22). The van der Waals surface area contributed by atoms with Crippen molar-refractivity contribution in [2.75, 3.05) is 38.3 Å². The molecule has 2 heterocycles. The number of amides is 1. The van der Waals surface area contributed by atoms with E-state index in [4.69, 9.17) is 9.72 Å². The molecule has 0 spiro atoms. The molecule has 0 unspecified atom stereocenters. The molecule has 24 heavy (non-hydrogen) atoms. The van der Waals surface area contributed by atoms with Gasteiger partial charge in [-0.3, -0.25) is 4.79 Å². The van der Waals surface area contributed by atoms with Gasteiger partial charge in [-0.15, -0.1) is 0 Å². The number of aryl methyl sites for hydroxylation is 1. The predicted octanol–water partition coefficient (Wildman–Crippen LogP) is 2.97. The Morgan fingerprint density at radius 2 is 2.21 bits per heavy atom. The molecule has 1 aromatic heterocycles. The molecule has 1 fully saturated rings. The molecule has 0 bridgehead atoms. The largest absolute Gasteiger partial charge is 0.385 e. The van der Waals surface area contributed by atoms with E-state index < -0.39 is 0 Å². The molecule has 6 heteroatoms. The van der Waals surface area contributed by atoms with E-state index >= 15 is 0 Å². The number of nitrogens with zero attached hydrogens (tertiary/aromatic N) is 2. The third-order valence-corrected chi connectivity index (χ3v) is 5.57. The lowest BCUT2D eigenvalue weighted by molar-refractivity contribution is -0.125. The molecule has 1 saturated heterocycles. The third kappa shape index (κ3) is 4.05. The van der Waals surface area contributed by atoms with Gasteiger partial charge in [-0.2, -0.15) is 0 Å². The molecule has 0 saturated carbocycles. The summed E-state index contributed by atoms with van der Waals surface area (Å²) in [6.45, 7) is 5.29. The van der Waals surface area contributed by atoms with Crippen LogP contribution in [0.25, 0.3) is 10.2 Å². The van der Waals surface area contributed by atoms with Crippen molar-refractivity contribution in [3.63, 3.8) is 0 Å². The number of rotatable bonds is 6.